The molecule has 0 aliphatic carbocycles. The number of carbonyl (C=O) groups is 1. The third-order valence-corrected chi connectivity index (χ3v) is 4.52. The molecule has 134 valence electrons. The highest BCUT2D eigenvalue weighted by Gasteiger charge is 2.28. The molecular weight excluding hydrogens is 326 g/mol. The molecule has 2 aromatic carbocycles. The lowest BCUT2D eigenvalue weighted by Gasteiger charge is -2.25. The van der Waals surface area contributed by atoms with E-state index in [1.54, 1.807) is 26.4 Å². The first-order chi connectivity index (χ1) is 12.4. The summed E-state index contributed by atoms with van der Waals surface area (Å²) < 4.78 is 3.39. The number of nitrogens with zero attached hydrogens (tertiary/aromatic N) is 3. The van der Waals surface area contributed by atoms with E-state index in [9.17, 15) is 9.59 Å². The van der Waals surface area contributed by atoms with Gasteiger partial charge >= 0.3 is 0 Å². The van der Waals surface area contributed by atoms with Crippen LogP contribution in [0, 0.1) is 6.92 Å². The van der Waals surface area contributed by atoms with Crippen LogP contribution in [0.5, 0.6) is 0 Å². The monoisotopic (exact) mass is 349 g/mol. The molecule has 1 heterocycles. The second-order valence-electron chi connectivity index (χ2n) is 6.55. The average Bonchev–Trinajstić information content (AvgIpc) is 2.86. The van der Waals surface area contributed by atoms with Gasteiger partial charge in [0.25, 0.3) is 11.5 Å². The van der Waals surface area contributed by atoms with Crippen molar-refractivity contribution in [2.24, 2.45) is 7.05 Å². The van der Waals surface area contributed by atoms with Crippen molar-refractivity contribution in [2.45, 2.75) is 26.8 Å². The molecule has 0 atom stereocenters. The number of rotatable bonds is 4. The van der Waals surface area contributed by atoms with Gasteiger partial charge in [-0.3, -0.25) is 19.2 Å². The summed E-state index contributed by atoms with van der Waals surface area (Å²) in [4.78, 5) is 27.9. The highest BCUT2D eigenvalue weighted by atomic mass is 16.2. The molecule has 0 N–H and O–H groups in total. The Balaban J connectivity index is 2.18. The first kappa shape index (κ1) is 17.7. The van der Waals surface area contributed by atoms with Crippen molar-refractivity contribution in [1.82, 2.24) is 9.36 Å². The van der Waals surface area contributed by atoms with Crippen LogP contribution in [0.1, 0.15) is 29.9 Å². The van der Waals surface area contributed by atoms with Gasteiger partial charge in [-0.05, 0) is 45.0 Å². The predicted molar refractivity (Wildman–Crippen MR) is 104 cm³/mol. The first-order valence-electron chi connectivity index (χ1n) is 8.66. The van der Waals surface area contributed by atoms with Gasteiger partial charge in [-0.25, -0.2) is 4.68 Å². The van der Waals surface area contributed by atoms with Crippen molar-refractivity contribution in [2.75, 3.05) is 4.90 Å². The Morgan fingerprint density at radius 1 is 0.962 bits per heavy atom. The Bertz CT molecular complexity index is 970. The van der Waals surface area contributed by atoms with Crippen LogP contribution in [0.4, 0.5) is 5.69 Å². The van der Waals surface area contributed by atoms with Gasteiger partial charge in [-0.15, -0.1) is 0 Å². The number of anilines is 1. The average molecular weight is 349 g/mol. The SMILES string of the molecule is Cc1c(N(C(=O)c2ccccc2)C(C)C)c(=O)n(-c2ccccc2)n1C. The summed E-state index contributed by atoms with van der Waals surface area (Å²) in [6, 6.07) is 18.3. The van der Waals surface area contributed by atoms with Crippen LogP contribution in [0.15, 0.2) is 65.5 Å². The standard InChI is InChI=1S/C21H23N3O2/c1-15(2)23(20(25)17-11-7-5-8-12-17)19-16(3)22(4)24(21(19)26)18-13-9-6-10-14-18/h5-15H,1-4H3. The van der Waals surface area contributed by atoms with E-state index in [0.717, 1.165) is 11.4 Å². The maximum absolute atomic E-state index is 13.2. The number of hydrogen-bond donors (Lipinski definition) is 0. The summed E-state index contributed by atoms with van der Waals surface area (Å²) in [6.07, 6.45) is 0. The molecule has 5 heteroatoms. The highest BCUT2D eigenvalue weighted by Crippen LogP contribution is 2.22. The van der Waals surface area contributed by atoms with Crippen LogP contribution in [-0.4, -0.2) is 21.3 Å². The minimum absolute atomic E-state index is 0.152. The van der Waals surface area contributed by atoms with Gasteiger partial charge in [0.05, 0.1) is 11.4 Å². The zero-order valence-electron chi connectivity index (χ0n) is 15.5. The Morgan fingerprint density at radius 3 is 2.04 bits per heavy atom. The van der Waals surface area contributed by atoms with Gasteiger partial charge in [-0.2, -0.15) is 0 Å². The van der Waals surface area contributed by atoms with Crippen LogP contribution >= 0.6 is 0 Å². The summed E-state index contributed by atoms with van der Waals surface area (Å²) in [6.45, 7) is 5.70. The fraction of sp³-hybridized carbons (Fsp3) is 0.238. The maximum atomic E-state index is 13.2. The van der Waals surface area contributed by atoms with Crippen LogP contribution in [-0.2, 0) is 7.05 Å². The van der Waals surface area contributed by atoms with E-state index in [0.29, 0.717) is 11.3 Å². The molecule has 5 nitrogen and oxygen atoms in total. The molecule has 0 bridgehead atoms. The highest BCUT2D eigenvalue weighted by molar-refractivity contribution is 6.06. The number of benzene rings is 2. The number of para-hydroxylation sites is 1. The predicted octanol–water partition coefficient (Wildman–Crippen LogP) is 3.54. The zero-order valence-corrected chi connectivity index (χ0v) is 15.5. The number of hydrogen-bond acceptors (Lipinski definition) is 2. The minimum atomic E-state index is -0.200. The quantitative estimate of drug-likeness (QED) is 0.723. The lowest BCUT2D eigenvalue weighted by Crippen LogP contribution is -2.40. The molecule has 3 aromatic rings. The zero-order chi connectivity index (χ0) is 18.8. The molecule has 0 radical (unpaired) electrons. The van der Waals surface area contributed by atoms with Crippen LogP contribution in [0.3, 0.4) is 0 Å². The van der Waals surface area contributed by atoms with E-state index in [1.165, 1.54) is 0 Å². The topological polar surface area (TPSA) is 47.2 Å². The summed E-state index contributed by atoms with van der Waals surface area (Å²) >= 11 is 0. The van der Waals surface area contributed by atoms with Crippen LogP contribution in [0.2, 0.25) is 0 Å². The van der Waals surface area contributed by atoms with Crippen molar-refractivity contribution in [3.8, 4) is 5.69 Å². The molecule has 0 spiro atoms. The van der Waals surface area contributed by atoms with Gasteiger partial charge in [0.2, 0.25) is 0 Å². The molecule has 26 heavy (non-hydrogen) atoms. The molecule has 0 saturated carbocycles. The van der Waals surface area contributed by atoms with Crippen molar-refractivity contribution < 1.29 is 4.79 Å². The van der Waals surface area contributed by atoms with E-state index in [4.69, 9.17) is 0 Å². The third kappa shape index (κ3) is 2.96. The van der Waals surface area contributed by atoms with E-state index < -0.39 is 0 Å². The summed E-state index contributed by atoms with van der Waals surface area (Å²) in [7, 11) is 1.83. The van der Waals surface area contributed by atoms with E-state index in [1.807, 2.05) is 76.3 Å². The largest absolute Gasteiger partial charge is 0.299 e. The molecule has 0 unspecified atom stereocenters. The van der Waals surface area contributed by atoms with Crippen molar-refractivity contribution in [1.29, 1.82) is 0 Å². The fourth-order valence-corrected chi connectivity index (χ4v) is 3.15. The van der Waals surface area contributed by atoms with Gasteiger partial charge in [0.15, 0.2) is 0 Å². The molecule has 1 aromatic heterocycles. The van der Waals surface area contributed by atoms with E-state index in [-0.39, 0.29) is 17.5 Å². The van der Waals surface area contributed by atoms with Gasteiger partial charge < -0.3 is 0 Å². The molecule has 0 aliphatic rings. The van der Waals surface area contributed by atoms with E-state index in [2.05, 4.69) is 0 Å². The molecular formula is C21H23N3O2. The van der Waals surface area contributed by atoms with Crippen molar-refractivity contribution in [3.63, 3.8) is 0 Å². The van der Waals surface area contributed by atoms with Gasteiger partial charge in [0, 0.05) is 18.7 Å². The number of aromatic nitrogens is 2. The summed E-state index contributed by atoms with van der Waals surface area (Å²) in [5.74, 6) is -0.174. The second-order valence-corrected chi connectivity index (χ2v) is 6.55. The second kappa shape index (κ2) is 7.04. The number of carbonyl (C=O) groups excluding carboxylic acids is 1. The Hall–Kier alpha value is -3.08. The Kier molecular flexibility index (Phi) is 4.80. The van der Waals surface area contributed by atoms with Gasteiger partial charge in [0.1, 0.15) is 5.69 Å². The first-order valence-corrected chi connectivity index (χ1v) is 8.66. The molecule has 0 aliphatic heterocycles. The van der Waals surface area contributed by atoms with Crippen LogP contribution < -0.4 is 10.5 Å². The Morgan fingerprint density at radius 2 is 1.50 bits per heavy atom. The molecule has 0 saturated heterocycles. The smallest absolute Gasteiger partial charge is 0.295 e. The minimum Gasteiger partial charge on any atom is -0.299 e. The lowest BCUT2D eigenvalue weighted by molar-refractivity contribution is 0.0980. The van der Waals surface area contributed by atoms with E-state index >= 15 is 0 Å². The van der Waals surface area contributed by atoms with Gasteiger partial charge in [-0.1, -0.05) is 36.4 Å². The maximum Gasteiger partial charge on any atom is 0.295 e. The molecule has 1 amide bonds. The molecule has 3 rings (SSSR count). The van der Waals surface area contributed by atoms with Crippen molar-refractivity contribution >= 4 is 11.6 Å². The molecule has 0 fully saturated rings. The summed E-state index contributed by atoms with van der Waals surface area (Å²) in [5.41, 5.74) is 2.30. The fourth-order valence-electron chi connectivity index (χ4n) is 3.15. The van der Waals surface area contributed by atoms with Crippen LogP contribution in [0.25, 0.3) is 5.69 Å². The number of amides is 1. The third-order valence-electron chi connectivity index (χ3n) is 4.52. The Labute approximate surface area is 153 Å². The summed E-state index contributed by atoms with van der Waals surface area (Å²) in [5, 5.41) is 0. The lowest BCUT2D eigenvalue weighted by atomic mass is 10.1. The normalized spacial score (nSPS) is 11.0. The van der Waals surface area contributed by atoms with Crippen molar-refractivity contribution in [3.05, 3.63) is 82.3 Å².